The first kappa shape index (κ1) is 54.0. The molecule has 0 heterocycles. The van der Waals surface area contributed by atoms with E-state index in [4.69, 9.17) is 35.4 Å². The third-order valence-corrected chi connectivity index (χ3v) is 29.7. The second-order valence-electron chi connectivity index (χ2n) is 21.3. The number of rotatable bonds is 28. The molecular weight excluding hydrogens is 853 g/mol. The van der Waals surface area contributed by atoms with E-state index >= 15 is 0 Å². The van der Waals surface area contributed by atoms with E-state index in [9.17, 15) is 14.4 Å². The van der Waals surface area contributed by atoms with E-state index in [1.54, 1.807) is 7.11 Å². The van der Waals surface area contributed by atoms with E-state index in [0.29, 0.717) is 43.4 Å². The summed E-state index contributed by atoms with van der Waals surface area (Å²) in [5.41, 5.74) is -0.443. The zero-order valence-corrected chi connectivity index (χ0v) is 45.7. The third-order valence-electron chi connectivity index (χ3n) is 10.6. The summed E-state index contributed by atoms with van der Waals surface area (Å²) in [4.78, 5) is 36.9. The lowest BCUT2D eigenvalue weighted by atomic mass is 9.79. The predicted molar refractivity (Wildman–Crippen MR) is 251 cm³/mol. The van der Waals surface area contributed by atoms with E-state index in [2.05, 4.69) is 109 Å². The molecule has 5 unspecified atom stereocenters. The van der Waals surface area contributed by atoms with Gasteiger partial charge in [-0.1, -0.05) is 13.0 Å². The average Bonchev–Trinajstić information content (AvgIpc) is 3.64. The van der Waals surface area contributed by atoms with Crippen LogP contribution >= 0.6 is 0 Å². The molecule has 2 rings (SSSR count). The van der Waals surface area contributed by atoms with Crippen LogP contribution in [0.1, 0.15) is 44.9 Å². The summed E-state index contributed by atoms with van der Waals surface area (Å²) < 4.78 is 49.7. The van der Waals surface area contributed by atoms with E-state index in [-0.39, 0.29) is 19.8 Å². The molecule has 59 heavy (non-hydrogen) atoms. The van der Waals surface area contributed by atoms with Crippen LogP contribution in [0.4, 0.5) is 9.59 Å². The largest absolute Gasteiger partial charge is 0.459 e. The van der Waals surface area contributed by atoms with Crippen LogP contribution in [0.2, 0.25) is 104 Å². The molecule has 13 nitrogen and oxygen atoms in total. The number of fused-ring (bicyclic) bond motifs is 2. The first-order valence-corrected chi connectivity index (χ1v) is 40.6. The van der Waals surface area contributed by atoms with E-state index in [0.717, 1.165) is 63.1 Å². The zero-order chi connectivity index (χ0) is 44.9. The van der Waals surface area contributed by atoms with Crippen molar-refractivity contribution in [3.8, 4) is 0 Å². The van der Waals surface area contributed by atoms with E-state index in [1.165, 1.54) is 0 Å². The Bertz CT molecular complexity index is 1320. The molecule has 5 atom stereocenters. The van der Waals surface area contributed by atoms with Crippen molar-refractivity contribution in [2.45, 2.75) is 149 Å². The topological polar surface area (TPSA) is 149 Å². The number of carbonyl (C=O) groups excluding carboxylic acids is 3. The zero-order valence-electron chi connectivity index (χ0n) is 39.7. The Morgan fingerprint density at radius 2 is 1.15 bits per heavy atom. The molecular formula is C40H84N2O11Si6. The number of nitrogens with one attached hydrogen (secondary N) is 2. The Hall–Kier alpha value is -1.15. The minimum Gasteiger partial charge on any atom is -0.459 e. The van der Waals surface area contributed by atoms with Crippen LogP contribution in [-0.4, -0.2) is 115 Å². The van der Waals surface area contributed by atoms with Crippen molar-refractivity contribution in [1.82, 2.24) is 10.6 Å². The maximum Gasteiger partial charge on any atom is 0.407 e. The number of amides is 2. The summed E-state index contributed by atoms with van der Waals surface area (Å²) in [5, 5.41) is 5.96. The molecule has 2 bridgehead atoms. The Morgan fingerprint density at radius 1 is 0.644 bits per heavy atom. The van der Waals surface area contributed by atoms with Gasteiger partial charge in [-0.15, -0.1) is 0 Å². The summed E-state index contributed by atoms with van der Waals surface area (Å²) in [5.74, 6) is 1.41. The van der Waals surface area contributed by atoms with Crippen molar-refractivity contribution in [3.05, 3.63) is 12.7 Å². The lowest BCUT2D eigenvalue weighted by Crippen LogP contribution is -2.53. The van der Waals surface area contributed by atoms with E-state index < -0.39 is 74.0 Å². The minimum atomic E-state index is -2.60. The molecule has 0 spiro atoms. The molecule has 2 aliphatic carbocycles. The maximum atomic E-state index is 13.4. The van der Waals surface area contributed by atoms with Crippen molar-refractivity contribution in [3.63, 3.8) is 0 Å². The standard InChI is InChI=1S/C40H84N2O11Si6/c1-17-37(43)47-23-24-48-39(45)42-30-35-28-33-27-34(36(35)29-33)19-22-41-38(44)49-32-40(31-46-2,21-26-59(16,52-56(9,10)11)53-57(12,13)14)20-18-25-58(15,50-54(3,4)5)51-55(6,7)8/h17,33-36H,1,18-32H2,2-16H3,(H,41,44)(H,42,45). The summed E-state index contributed by atoms with van der Waals surface area (Å²) in [6, 6.07) is 1.64. The molecule has 0 aromatic heterocycles. The summed E-state index contributed by atoms with van der Waals surface area (Å²) >= 11 is 0. The minimum absolute atomic E-state index is 0.0109. The van der Waals surface area contributed by atoms with Crippen LogP contribution in [-0.2, 0) is 40.2 Å². The van der Waals surface area contributed by atoms with Gasteiger partial charge >= 0.3 is 35.3 Å². The number of ether oxygens (including phenoxy) is 4. The second kappa shape index (κ2) is 23.0. The SMILES string of the molecule is C=CC(=O)OCCOC(=O)NCC1CC2CC(CCNC(=O)OCC(CCC[Si](C)(O[Si](C)(C)C)O[Si](C)(C)C)(CC[Si](C)(O[Si](C)(C)C)O[Si](C)(C)C)COC)C1C2. The van der Waals surface area contributed by atoms with Gasteiger partial charge in [0.05, 0.1) is 6.61 Å². The highest BCUT2D eigenvalue weighted by atomic mass is 28.5. The molecule has 344 valence electrons. The Balaban J connectivity index is 2.11. The van der Waals surface area contributed by atoms with Crippen LogP contribution < -0.4 is 10.6 Å². The Labute approximate surface area is 364 Å². The monoisotopic (exact) mass is 936 g/mol. The Morgan fingerprint density at radius 3 is 1.66 bits per heavy atom. The van der Waals surface area contributed by atoms with Crippen LogP contribution in [0.3, 0.4) is 0 Å². The lowest BCUT2D eigenvalue weighted by molar-refractivity contribution is -0.138. The Kier molecular flexibility index (Phi) is 21.0. The number of hydrogen-bond acceptors (Lipinski definition) is 11. The quantitative estimate of drug-likeness (QED) is 0.0254. The molecule has 0 aliphatic heterocycles. The van der Waals surface area contributed by atoms with Gasteiger partial charge in [0.25, 0.3) is 0 Å². The number of alkyl carbamates (subject to hydrolysis) is 2. The highest BCUT2D eigenvalue weighted by Gasteiger charge is 2.47. The summed E-state index contributed by atoms with van der Waals surface area (Å²) in [6.45, 7) is 36.3. The fourth-order valence-electron chi connectivity index (χ4n) is 9.32. The van der Waals surface area contributed by atoms with Crippen molar-refractivity contribution in [1.29, 1.82) is 0 Å². The maximum absolute atomic E-state index is 13.4. The van der Waals surface area contributed by atoms with Crippen LogP contribution in [0.5, 0.6) is 0 Å². The van der Waals surface area contributed by atoms with Gasteiger partial charge < -0.3 is 46.0 Å². The lowest BCUT2D eigenvalue weighted by Gasteiger charge is -2.42. The van der Waals surface area contributed by atoms with Crippen LogP contribution in [0.25, 0.3) is 0 Å². The molecule has 2 fully saturated rings. The van der Waals surface area contributed by atoms with Crippen molar-refractivity contribution < 1.29 is 49.8 Å². The second-order valence-corrected chi connectivity index (χ2v) is 47.0. The first-order valence-electron chi connectivity index (χ1n) is 21.9. The molecule has 0 radical (unpaired) electrons. The number of esters is 1. The fourth-order valence-corrected chi connectivity index (χ4v) is 34.6. The van der Waals surface area contributed by atoms with Crippen molar-refractivity contribution in [2.24, 2.45) is 29.1 Å². The summed E-state index contributed by atoms with van der Waals surface area (Å²) in [7, 11) is -10.9. The van der Waals surface area contributed by atoms with E-state index in [1.807, 2.05) is 0 Å². The fraction of sp³-hybridized carbons (Fsp3) is 0.875. The molecule has 0 aromatic carbocycles. The van der Waals surface area contributed by atoms with Gasteiger partial charge in [-0.3, -0.25) is 0 Å². The highest BCUT2D eigenvalue weighted by Crippen LogP contribution is 2.52. The molecule has 2 amide bonds. The van der Waals surface area contributed by atoms with Crippen molar-refractivity contribution >= 4 is 68.5 Å². The molecule has 2 aliphatic rings. The summed E-state index contributed by atoms with van der Waals surface area (Å²) in [6.07, 6.45) is 6.80. The smallest absolute Gasteiger partial charge is 0.407 e. The molecule has 0 saturated heterocycles. The number of carbonyl (C=O) groups is 3. The third kappa shape index (κ3) is 22.2. The molecule has 2 N–H and O–H groups in total. The predicted octanol–water partition coefficient (Wildman–Crippen LogP) is 9.57. The van der Waals surface area contributed by atoms with Gasteiger partial charge in [-0.05, 0) is 166 Å². The molecule has 2 saturated carbocycles. The number of methoxy groups -OCH3 is 1. The normalized spacial score (nSPS) is 21.1. The van der Waals surface area contributed by atoms with Gasteiger partial charge in [0.1, 0.15) is 19.8 Å². The van der Waals surface area contributed by atoms with Gasteiger partial charge in [0.15, 0.2) is 33.3 Å². The van der Waals surface area contributed by atoms with Gasteiger partial charge in [0, 0.05) is 31.7 Å². The van der Waals surface area contributed by atoms with Crippen LogP contribution in [0, 0.1) is 29.1 Å². The van der Waals surface area contributed by atoms with Gasteiger partial charge in [-0.25, -0.2) is 14.4 Å². The number of hydrogen-bond donors (Lipinski definition) is 2. The first-order chi connectivity index (χ1) is 27.0. The van der Waals surface area contributed by atoms with Crippen molar-refractivity contribution in [2.75, 3.05) is 46.6 Å². The molecule has 0 aromatic rings. The highest BCUT2D eigenvalue weighted by molar-refractivity contribution is 6.88. The van der Waals surface area contributed by atoms with Gasteiger partial charge in [-0.2, -0.15) is 0 Å². The average molecular weight is 938 g/mol. The van der Waals surface area contributed by atoms with Crippen LogP contribution in [0.15, 0.2) is 12.7 Å². The van der Waals surface area contributed by atoms with Gasteiger partial charge in [0.2, 0.25) is 0 Å². The molecule has 19 heteroatoms.